The Balaban J connectivity index is 2.65. The van der Waals surface area contributed by atoms with Gasteiger partial charge in [-0.25, -0.2) is 4.79 Å². The molecule has 0 aliphatic rings. The summed E-state index contributed by atoms with van der Waals surface area (Å²) >= 11 is 0. The predicted molar refractivity (Wildman–Crippen MR) is 96.3 cm³/mol. The largest absolute Gasteiger partial charge is 0.444 e. The van der Waals surface area contributed by atoms with Gasteiger partial charge in [0.2, 0.25) is 11.8 Å². The van der Waals surface area contributed by atoms with Crippen LogP contribution < -0.4 is 10.6 Å². The number of nitrogens with one attached hydrogen (secondary N) is 2. The molecule has 9 heteroatoms. The first-order valence-corrected chi connectivity index (χ1v) is 8.60. The Morgan fingerprint density at radius 1 is 1.23 bits per heavy atom. The maximum absolute atomic E-state index is 12.0. The predicted octanol–water partition coefficient (Wildman–Crippen LogP) is 1.79. The number of aromatic nitrogens is 2. The fourth-order valence-electron chi connectivity index (χ4n) is 2.09. The monoisotopic (exact) mass is 369 g/mol. The van der Waals surface area contributed by atoms with Crippen molar-refractivity contribution < 1.29 is 18.8 Å². The van der Waals surface area contributed by atoms with Crippen LogP contribution in [0.5, 0.6) is 0 Å². The number of ether oxygens (including phenoxy) is 1. The van der Waals surface area contributed by atoms with Crippen molar-refractivity contribution >= 4 is 12.0 Å². The highest BCUT2D eigenvalue weighted by Crippen LogP contribution is 2.18. The fraction of sp³-hybridized carbons (Fsp3) is 0.765. The van der Waals surface area contributed by atoms with E-state index in [4.69, 9.17) is 9.26 Å². The zero-order valence-electron chi connectivity index (χ0n) is 17.0. The highest BCUT2D eigenvalue weighted by molar-refractivity contribution is 5.78. The van der Waals surface area contributed by atoms with Gasteiger partial charge in [-0.3, -0.25) is 9.69 Å². The van der Waals surface area contributed by atoms with E-state index < -0.39 is 17.2 Å². The van der Waals surface area contributed by atoms with E-state index in [-0.39, 0.29) is 18.5 Å². The third-order valence-electron chi connectivity index (χ3n) is 3.11. The van der Waals surface area contributed by atoms with Gasteiger partial charge in [-0.2, -0.15) is 4.98 Å². The quantitative estimate of drug-likeness (QED) is 0.754. The number of amides is 2. The maximum Gasteiger partial charge on any atom is 0.408 e. The number of carbonyl (C=O) groups is 2. The van der Waals surface area contributed by atoms with Crippen molar-refractivity contribution in [1.29, 1.82) is 0 Å². The maximum atomic E-state index is 12.0. The average molecular weight is 369 g/mol. The highest BCUT2D eigenvalue weighted by atomic mass is 16.6. The van der Waals surface area contributed by atoms with Crippen LogP contribution in [0.25, 0.3) is 0 Å². The van der Waals surface area contributed by atoms with Gasteiger partial charge in [-0.1, -0.05) is 5.16 Å². The summed E-state index contributed by atoms with van der Waals surface area (Å²) in [4.78, 5) is 29.8. The minimum Gasteiger partial charge on any atom is -0.444 e. The molecule has 0 aromatic carbocycles. The molecule has 1 aromatic heterocycles. The van der Waals surface area contributed by atoms with Gasteiger partial charge in [0.05, 0.1) is 13.1 Å². The van der Waals surface area contributed by atoms with Crippen molar-refractivity contribution in [3.05, 3.63) is 11.7 Å². The lowest BCUT2D eigenvalue weighted by molar-refractivity contribution is -0.122. The second kappa shape index (κ2) is 8.48. The van der Waals surface area contributed by atoms with Crippen LogP contribution in [0.1, 0.15) is 60.2 Å². The third kappa shape index (κ3) is 7.81. The summed E-state index contributed by atoms with van der Waals surface area (Å²) in [5.41, 5.74) is -1.46. The van der Waals surface area contributed by atoms with E-state index >= 15 is 0 Å². The molecule has 1 aromatic rings. The number of alkyl carbamates (subject to hydrolysis) is 1. The fourth-order valence-corrected chi connectivity index (χ4v) is 2.09. The standard InChI is InChI=1S/C17H31N5O4/c1-11(2)18-12(23)9-22(8)10-13-19-14(21-26-13)17(6,7)20-15(24)25-16(3,4)5/h11H,9-10H2,1-8H3,(H,18,23)(H,20,24). The molecule has 0 saturated carbocycles. The van der Waals surface area contributed by atoms with Crippen molar-refractivity contribution in [3.8, 4) is 0 Å². The minimum absolute atomic E-state index is 0.0749. The van der Waals surface area contributed by atoms with Gasteiger partial charge in [0.1, 0.15) is 11.1 Å². The van der Waals surface area contributed by atoms with E-state index in [1.807, 2.05) is 13.8 Å². The van der Waals surface area contributed by atoms with Crippen LogP contribution in [0, 0.1) is 0 Å². The summed E-state index contributed by atoms with van der Waals surface area (Å²) in [6, 6.07) is 0.0886. The average Bonchev–Trinajstić information content (AvgIpc) is 2.83. The molecule has 2 N–H and O–H groups in total. The van der Waals surface area contributed by atoms with E-state index in [2.05, 4.69) is 20.8 Å². The summed E-state index contributed by atoms with van der Waals surface area (Å²) in [6.07, 6.45) is -0.559. The van der Waals surface area contributed by atoms with Gasteiger partial charge in [0, 0.05) is 6.04 Å². The van der Waals surface area contributed by atoms with E-state index in [1.54, 1.807) is 46.6 Å². The summed E-state index contributed by atoms with van der Waals surface area (Å²) in [5.74, 6) is 0.617. The first-order valence-electron chi connectivity index (χ1n) is 8.60. The van der Waals surface area contributed by atoms with Crippen LogP contribution in [0.3, 0.4) is 0 Å². The zero-order valence-corrected chi connectivity index (χ0v) is 17.0. The van der Waals surface area contributed by atoms with Crippen LogP contribution >= 0.6 is 0 Å². The van der Waals surface area contributed by atoms with Gasteiger partial charge >= 0.3 is 6.09 Å². The molecule has 1 rings (SSSR count). The van der Waals surface area contributed by atoms with Crippen LogP contribution in [0.15, 0.2) is 4.52 Å². The molecule has 26 heavy (non-hydrogen) atoms. The molecule has 0 bridgehead atoms. The van der Waals surface area contributed by atoms with E-state index in [9.17, 15) is 9.59 Å². The molecule has 9 nitrogen and oxygen atoms in total. The Bertz CT molecular complexity index is 619. The van der Waals surface area contributed by atoms with Gasteiger partial charge < -0.3 is 19.9 Å². The van der Waals surface area contributed by atoms with Crippen LogP contribution in [0.4, 0.5) is 4.79 Å². The Kier molecular flexibility index (Phi) is 7.14. The highest BCUT2D eigenvalue weighted by Gasteiger charge is 2.31. The van der Waals surface area contributed by atoms with E-state index in [0.29, 0.717) is 18.3 Å². The molecule has 0 aliphatic carbocycles. The lowest BCUT2D eigenvalue weighted by Crippen LogP contribution is -2.44. The molecule has 0 radical (unpaired) electrons. The first kappa shape index (κ1) is 21.9. The summed E-state index contributed by atoms with van der Waals surface area (Å²) < 4.78 is 10.5. The molecule has 1 heterocycles. The molecule has 2 amide bonds. The first-order chi connectivity index (χ1) is 11.8. The number of likely N-dealkylation sites (N-methyl/N-ethyl adjacent to an activating group) is 1. The van der Waals surface area contributed by atoms with Crippen molar-refractivity contribution in [2.45, 2.75) is 72.2 Å². The minimum atomic E-state index is -0.863. The normalized spacial score (nSPS) is 12.4. The summed E-state index contributed by atoms with van der Waals surface area (Å²) in [6.45, 7) is 13.2. The number of carbonyl (C=O) groups excluding carboxylic acids is 2. The zero-order chi connectivity index (χ0) is 20.1. The van der Waals surface area contributed by atoms with Gasteiger partial charge in [0.15, 0.2) is 5.82 Å². The molecule has 0 atom stereocenters. The second-order valence-electron chi connectivity index (χ2n) is 8.16. The van der Waals surface area contributed by atoms with Gasteiger partial charge in [0.25, 0.3) is 0 Å². The molecule has 0 spiro atoms. The van der Waals surface area contributed by atoms with Crippen molar-refractivity contribution in [2.24, 2.45) is 0 Å². The van der Waals surface area contributed by atoms with Gasteiger partial charge in [-0.05, 0) is 55.5 Å². The van der Waals surface area contributed by atoms with Crippen LogP contribution in [-0.4, -0.2) is 52.3 Å². The van der Waals surface area contributed by atoms with E-state index in [1.165, 1.54) is 0 Å². The third-order valence-corrected chi connectivity index (χ3v) is 3.11. The molecule has 0 aliphatic heterocycles. The van der Waals surface area contributed by atoms with Crippen LogP contribution in [0.2, 0.25) is 0 Å². The Morgan fingerprint density at radius 3 is 2.38 bits per heavy atom. The Labute approximate surface area is 154 Å². The Hall–Kier alpha value is -2.16. The van der Waals surface area contributed by atoms with Crippen LogP contribution in [-0.2, 0) is 21.6 Å². The SMILES string of the molecule is CC(C)NC(=O)CN(C)Cc1nc(C(C)(C)NC(=O)OC(C)(C)C)no1. The number of nitrogens with zero attached hydrogens (tertiary/aromatic N) is 3. The molecular weight excluding hydrogens is 338 g/mol. The summed E-state index contributed by atoms with van der Waals surface area (Å²) in [7, 11) is 1.79. The smallest absolute Gasteiger partial charge is 0.408 e. The van der Waals surface area contributed by atoms with Crippen molar-refractivity contribution in [1.82, 2.24) is 25.7 Å². The molecule has 148 valence electrons. The number of hydrogen-bond donors (Lipinski definition) is 2. The molecular formula is C17H31N5O4. The number of hydrogen-bond acceptors (Lipinski definition) is 7. The van der Waals surface area contributed by atoms with Crippen molar-refractivity contribution in [2.75, 3.05) is 13.6 Å². The molecule has 0 unspecified atom stereocenters. The molecule has 0 saturated heterocycles. The lowest BCUT2D eigenvalue weighted by atomic mass is 10.1. The summed E-state index contributed by atoms with van der Waals surface area (Å²) in [5, 5.41) is 9.48. The second-order valence-corrected chi connectivity index (χ2v) is 8.16. The van der Waals surface area contributed by atoms with Gasteiger partial charge in [-0.15, -0.1) is 0 Å². The van der Waals surface area contributed by atoms with Crippen molar-refractivity contribution in [3.63, 3.8) is 0 Å². The topological polar surface area (TPSA) is 110 Å². The lowest BCUT2D eigenvalue weighted by Gasteiger charge is -2.26. The van der Waals surface area contributed by atoms with E-state index in [0.717, 1.165) is 0 Å². The molecule has 0 fully saturated rings. The Morgan fingerprint density at radius 2 is 1.85 bits per heavy atom. The number of rotatable bonds is 7.